The Bertz CT molecular complexity index is 1230. The lowest BCUT2D eigenvalue weighted by Gasteiger charge is -2.28. The van der Waals surface area contributed by atoms with Gasteiger partial charge < -0.3 is 10.1 Å². The predicted molar refractivity (Wildman–Crippen MR) is 130 cm³/mol. The number of carbonyl (C=O) groups is 1. The van der Waals surface area contributed by atoms with Gasteiger partial charge >= 0.3 is 0 Å². The number of ether oxygens (including phenoxy) is 1. The molecule has 1 unspecified atom stereocenters. The number of hydrogen-bond acceptors (Lipinski definition) is 4. The maximum atomic E-state index is 12.9. The number of benzene rings is 3. The van der Waals surface area contributed by atoms with Gasteiger partial charge in [0, 0.05) is 17.8 Å². The van der Waals surface area contributed by atoms with Gasteiger partial charge in [0.1, 0.15) is 12.1 Å². The molecule has 1 amide bonds. The minimum atomic E-state index is -0.0604. The number of amides is 1. The molecule has 1 fully saturated rings. The van der Waals surface area contributed by atoms with Gasteiger partial charge in [0.2, 0.25) is 0 Å². The molecule has 0 bridgehead atoms. The van der Waals surface area contributed by atoms with Crippen molar-refractivity contribution < 1.29 is 9.53 Å². The first-order valence-corrected chi connectivity index (χ1v) is 11.4. The molecule has 6 nitrogen and oxygen atoms in total. The number of nitrogens with zero attached hydrogens (tertiary/aromatic N) is 3. The second-order valence-electron chi connectivity index (χ2n) is 8.39. The Labute approximate surface area is 193 Å². The van der Waals surface area contributed by atoms with Crippen molar-refractivity contribution >= 4 is 16.9 Å². The third-order valence-electron chi connectivity index (χ3n) is 6.40. The Kier molecular flexibility index (Phi) is 6.09. The van der Waals surface area contributed by atoms with Crippen molar-refractivity contribution in [3.63, 3.8) is 0 Å². The van der Waals surface area contributed by atoms with E-state index in [1.54, 1.807) is 7.11 Å². The van der Waals surface area contributed by atoms with Crippen molar-refractivity contribution in [2.45, 2.75) is 18.9 Å². The molecule has 168 valence electrons. The van der Waals surface area contributed by atoms with E-state index in [4.69, 9.17) is 4.74 Å². The summed E-state index contributed by atoms with van der Waals surface area (Å²) in [6.45, 7) is 2.68. The maximum absolute atomic E-state index is 12.9. The molecule has 33 heavy (non-hydrogen) atoms. The second kappa shape index (κ2) is 9.46. The van der Waals surface area contributed by atoms with Crippen LogP contribution in [0.15, 0.2) is 79.1 Å². The van der Waals surface area contributed by atoms with Gasteiger partial charge in [-0.25, -0.2) is 4.98 Å². The first-order valence-electron chi connectivity index (χ1n) is 11.4. The van der Waals surface area contributed by atoms with Crippen LogP contribution in [0.4, 0.5) is 0 Å². The number of rotatable bonds is 7. The summed E-state index contributed by atoms with van der Waals surface area (Å²) in [6, 6.07) is 24.0. The molecule has 5 rings (SSSR count). The molecule has 6 heteroatoms. The van der Waals surface area contributed by atoms with Gasteiger partial charge in [0.15, 0.2) is 0 Å². The van der Waals surface area contributed by atoms with Crippen molar-refractivity contribution in [1.29, 1.82) is 0 Å². The van der Waals surface area contributed by atoms with Crippen molar-refractivity contribution in [3.8, 4) is 11.4 Å². The van der Waals surface area contributed by atoms with Crippen LogP contribution in [0.2, 0.25) is 0 Å². The first kappa shape index (κ1) is 21.2. The highest BCUT2D eigenvalue weighted by Gasteiger charge is 2.24. The lowest BCUT2D eigenvalue weighted by Crippen LogP contribution is -2.36. The Hall–Kier alpha value is -3.64. The fraction of sp³-hybridized carbons (Fsp3) is 0.259. The molecule has 0 aliphatic carbocycles. The molecular weight excluding hydrogens is 412 g/mol. The van der Waals surface area contributed by atoms with Gasteiger partial charge in [-0.2, -0.15) is 0 Å². The zero-order chi connectivity index (χ0) is 22.6. The highest BCUT2D eigenvalue weighted by molar-refractivity contribution is 5.94. The molecule has 4 aromatic rings. The van der Waals surface area contributed by atoms with E-state index in [9.17, 15) is 4.79 Å². The summed E-state index contributed by atoms with van der Waals surface area (Å²) in [5.41, 5.74) is 4.82. The van der Waals surface area contributed by atoms with Gasteiger partial charge in [-0.3, -0.25) is 14.3 Å². The molecule has 0 saturated carbocycles. The smallest absolute Gasteiger partial charge is 0.251 e. The van der Waals surface area contributed by atoms with Crippen LogP contribution in [0.1, 0.15) is 34.8 Å². The highest BCUT2D eigenvalue weighted by atomic mass is 16.5. The lowest BCUT2D eigenvalue weighted by atomic mass is 10.0. The number of fused-ring (bicyclic) bond motifs is 1. The zero-order valence-electron chi connectivity index (χ0n) is 18.8. The van der Waals surface area contributed by atoms with Gasteiger partial charge in [-0.15, -0.1) is 0 Å². The summed E-state index contributed by atoms with van der Waals surface area (Å²) in [5.74, 6) is 0.781. The molecule has 1 aromatic heterocycles. The molecule has 2 heterocycles. The van der Waals surface area contributed by atoms with Crippen LogP contribution in [0.5, 0.6) is 5.75 Å². The number of hydrogen-bond donors (Lipinski definition) is 1. The van der Waals surface area contributed by atoms with Crippen LogP contribution >= 0.6 is 0 Å². The standard InChI is InChI=1S/C27H28N4O2/c1-33-23-14-10-20(11-15-23)26(30-16-4-5-17-30)18-28-27(32)21-8-12-22(13-9-21)31-19-29-24-6-2-3-7-25(24)31/h2-3,6-15,19,26H,4-5,16-18H2,1H3,(H,28,32). The monoisotopic (exact) mass is 440 g/mol. The van der Waals surface area contributed by atoms with E-state index in [0.717, 1.165) is 35.6 Å². The quantitative estimate of drug-likeness (QED) is 0.456. The minimum absolute atomic E-state index is 0.0604. The third kappa shape index (κ3) is 4.47. The highest BCUT2D eigenvalue weighted by Crippen LogP contribution is 2.26. The molecule has 1 aliphatic rings. The van der Waals surface area contributed by atoms with Crippen LogP contribution in [0.3, 0.4) is 0 Å². The van der Waals surface area contributed by atoms with E-state index in [1.807, 2.05) is 71.6 Å². The van der Waals surface area contributed by atoms with E-state index in [-0.39, 0.29) is 11.9 Å². The molecule has 1 atom stereocenters. The van der Waals surface area contributed by atoms with Crippen molar-refractivity contribution in [3.05, 3.63) is 90.3 Å². The molecule has 0 radical (unpaired) electrons. The minimum Gasteiger partial charge on any atom is -0.497 e. The third-order valence-corrected chi connectivity index (χ3v) is 6.40. The van der Waals surface area contributed by atoms with Crippen LogP contribution in [-0.2, 0) is 0 Å². The Balaban J connectivity index is 1.29. The van der Waals surface area contributed by atoms with Crippen molar-refractivity contribution in [1.82, 2.24) is 19.8 Å². The number of para-hydroxylation sites is 2. The largest absolute Gasteiger partial charge is 0.497 e. The summed E-state index contributed by atoms with van der Waals surface area (Å²) in [4.78, 5) is 19.8. The Morgan fingerprint density at radius 1 is 1.00 bits per heavy atom. The Morgan fingerprint density at radius 2 is 1.73 bits per heavy atom. The van der Waals surface area contributed by atoms with Crippen LogP contribution in [0, 0.1) is 0 Å². The van der Waals surface area contributed by atoms with Crippen LogP contribution in [0.25, 0.3) is 16.7 Å². The summed E-state index contributed by atoms with van der Waals surface area (Å²) in [5, 5.41) is 3.16. The normalized spacial score (nSPS) is 14.9. The Morgan fingerprint density at radius 3 is 2.45 bits per heavy atom. The van der Waals surface area contributed by atoms with Gasteiger partial charge in [0.05, 0.1) is 24.2 Å². The zero-order valence-corrected chi connectivity index (χ0v) is 18.8. The molecule has 3 aromatic carbocycles. The molecule has 1 N–H and O–H groups in total. The topological polar surface area (TPSA) is 59.4 Å². The van der Waals surface area contributed by atoms with Crippen molar-refractivity contribution in [2.24, 2.45) is 0 Å². The van der Waals surface area contributed by atoms with Gasteiger partial charge in [0.25, 0.3) is 5.91 Å². The summed E-state index contributed by atoms with van der Waals surface area (Å²) in [6.07, 6.45) is 4.21. The number of likely N-dealkylation sites (tertiary alicyclic amines) is 1. The van der Waals surface area contributed by atoms with Crippen LogP contribution < -0.4 is 10.1 Å². The summed E-state index contributed by atoms with van der Waals surface area (Å²) < 4.78 is 7.33. The molecular formula is C27H28N4O2. The van der Waals surface area contributed by atoms with Crippen molar-refractivity contribution in [2.75, 3.05) is 26.7 Å². The van der Waals surface area contributed by atoms with Gasteiger partial charge in [-0.1, -0.05) is 24.3 Å². The second-order valence-corrected chi connectivity index (χ2v) is 8.39. The van der Waals surface area contributed by atoms with E-state index in [0.29, 0.717) is 12.1 Å². The fourth-order valence-electron chi connectivity index (χ4n) is 4.57. The summed E-state index contributed by atoms with van der Waals surface area (Å²) in [7, 11) is 1.67. The van der Waals surface area contributed by atoms with E-state index >= 15 is 0 Å². The maximum Gasteiger partial charge on any atom is 0.251 e. The van der Waals surface area contributed by atoms with E-state index < -0.39 is 0 Å². The number of carbonyl (C=O) groups excluding carboxylic acids is 1. The summed E-state index contributed by atoms with van der Waals surface area (Å²) >= 11 is 0. The van der Waals surface area contributed by atoms with E-state index in [2.05, 4.69) is 27.3 Å². The average molecular weight is 441 g/mol. The fourth-order valence-corrected chi connectivity index (χ4v) is 4.57. The number of methoxy groups -OCH3 is 1. The van der Waals surface area contributed by atoms with Crippen LogP contribution in [-0.4, -0.2) is 47.1 Å². The predicted octanol–water partition coefficient (Wildman–Crippen LogP) is 4.60. The SMILES string of the molecule is COc1ccc(C(CNC(=O)c2ccc(-n3cnc4ccccc43)cc2)N2CCCC2)cc1. The number of aromatic nitrogens is 2. The molecule has 0 spiro atoms. The lowest BCUT2D eigenvalue weighted by molar-refractivity contribution is 0.0938. The number of nitrogens with one attached hydrogen (secondary N) is 1. The first-order chi connectivity index (χ1) is 16.2. The molecule has 1 saturated heterocycles. The number of imidazole rings is 1. The molecule has 1 aliphatic heterocycles. The van der Waals surface area contributed by atoms with Gasteiger partial charge in [-0.05, 0) is 80.0 Å². The average Bonchev–Trinajstić information content (AvgIpc) is 3.55. The van der Waals surface area contributed by atoms with E-state index in [1.165, 1.54) is 18.4 Å².